The fourth-order valence-electron chi connectivity index (χ4n) is 2.44. The standard InChI is InChI=1S/C17H12BrF3N2O3S/c1-26-15-8-11(4-7-13(15)18)23-14(9-16(22-23)17(19,20)21)10-2-5-12(6-3-10)27(24)25/h2-9H,1H3,(H,24,25). The van der Waals surface area contributed by atoms with Crippen molar-refractivity contribution < 1.29 is 26.7 Å². The fourth-order valence-corrected chi connectivity index (χ4v) is 3.22. The lowest BCUT2D eigenvalue weighted by Crippen LogP contribution is -2.07. The molecule has 0 amide bonds. The van der Waals surface area contributed by atoms with E-state index in [1.165, 1.54) is 31.4 Å². The Morgan fingerprint density at radius 3 is 2.37 bits per heavy atom. The maximum absolute atomic E-state index is 13.2. The van der Waals surface area contributed by atoms with Gasteiger partial charge in [0.15, 0.2) is 16.8 Å². The molecule has 0 aliphatic heterocycles. The van der Waals surface area contributed by atoms with Crippen LogP contribution in [-0.2, 0) is 17.3 Å². The first-order valence-corrected chi connectivity index (χ1v) is 9.33. The zero-order chi connectivity index (χ0) is 19.8. The largest absolute Gasteiger partial charge is 0.495 e. The minimum atomic E-state index is -4.62. The number of benzene rings is 2. The smallest absolute Gasteiger partial charge is 0.435 e. The van der Waals surface area contributed by atoms with Crippen LogP contribution in [0.4, 0.5) is 13.2 Å². The minimum absolute atomic E-state index is 0.145. The number of halogens is 4. The minimum Gasteiger partial charge on any atom is -0.495 e. The number of ether oxygens (including phenoxy) is 1. The number of nitrogens with zero attached hydrogens (tertiary/aromatic N) is 2. The van der Waals surface area contributed by atoms with Gasteiger partial charge in [-0.1, -0.05) is 12.1 Å². The fraction of sp³-hybridized carbons (Fsp3) is 0.118. The van der Waals surface area contributed by atoms with Crippen molar-refractivity contribution in [1.29, 1.82) is 0 Å². The summed E-state index contributed by atoms with van der Waals surface area (Å²) in [5.74, 6) is 0.438. The molecule has 10 heteroatoms. The van der Waals surface area contributed by atoms with Crippen molar-refractivity contribution in [2.75, 3.05) is 7.11 Å². The Labute approximate surface area is 163 Å². The zero-order valence-corrected chi connectivity index (χ0v) is 16.1. The summed E-state index contributed by atoms with van der Waals surface area (Å²) in [7, 11) is 1.45. The lowest BCUT2D eigenvalue weighted by molar-refractivity contribution is -0.141. The summed E-state index contributed by atoms with van der Waals surface area (Å²) in [4.78, 5) is 0.145. The molecule has 2 aromatic carbocycles. The molecule has 0 aliphatic carbocycles. The van der Waals surface area contributed by atoms with Crippen LogP contribution >= 0.6 is 15.9 Å². The maximum atomic E-state index is 13.2. The van der Waals surface area contributed by atoms with Crippen molar-refractivity contribution in [2.24, 2.45) is 0 Å². The van der Waals surface area contributed by atoms with Gasteiger partial charge in [0, 0.05) is 11.6 Å². The molecule has 0 aliphatic rings. The second-order valence-corrected chi connectivity index (χ2v) is 7.24. The van der Waals surface area contributed by atoms with Gasteiger partial charge in [0.1, 0.15) is 5.75 Å². The van der Waals surface area contributed by atoms with Crippen molar-refractivity contribution >= 4 is 27.0 Å². The van der Waals surface area contributed by atoms with Crippen molar-refractivity contribution in [2.45, 2.75) is 11.1 Å². The molecule has 0 spiro atoms. The number of aromatic nitrogens is 2. The molecule has 3 aromatic rings. The van der Waals surface area contributed by atoms with Crippen LogP contribution in [0, 0.1) is 0 Å². The van der Waals surface area contributed by atoms with E-state index in [-0.39, 0.29) is 10.6 Å². The average molecular weight is 461 g/mol. The predicted octanol–water partition coefficient (Wildman–Crippen LogP) is 4.91. The van der Waals surface area contributed by atoms with E-state index in [9.17, 15) is 17.4 Å². The molecular formula is C17H12BrF3N2O3S. The van der Waals surface area contributed by atoms with Crippen LogP contribution in [0.5, 0.6) is 5.75 Å². The molecule has 0 fully saturated rings. The highest BCUT2D eigenvalue weighted by molar-refractivity contribution is 9.10. The van der Waals surface area contributed by atoms with Gasteiger partial charge >= 0.3 is 6.18 Å². The highest BCUT2D eigenvalue weighted by Gasteiger charge is 2.35. The van der Waals surface area contributed by atoms with Gasteiger partial charge in [-0.3, -0.25) is 0 Å². The van der Waals surface area contributed by atoms with Crippen molar-refractivity contribution in [1.82, 2.24) is 9.78 Å². The molecule has 5 nitrogen and oxygen atoms in total. The van der Waals surface area contributed by atoms with Gasteiger partial charge in [-0.2, -0.15) is 18.3 Å². The maximum Gasteiger partial charge on any atom is 0.435 e. The van der Waals surface area contributed by atoms with E-state index in [0.29, 0.717) is 21.5 Å². The Morgan fingerprint density at radius 2 is 1.81 bits per heavy atom. The van der Waals surface area contributed by atoms with E-state index in [1.807, 2.05) is 0 Å². The van der Waals surface area contributed by atoms with Gasteiger partial charge in [0.2, 0.25) is 0 Å². The quantitative estimate of drug-likeness (QED) is 0.561. The van der Waals surface area contributed by atoms with E-state index >= 15 is 0 Å². The topological polar surface area (TPSA) is 64.4 Å². The van der Waals surface area contributed by atoms with Gasteiger partial charge in [-0.25, -0.2) is 8.89 Å². The Hall–Kier alpha value is -2.17. The Bertz CT molecular complexity index is 1000. The molecule has 0 bridgehead atoms. The molecule has 0 saturated heterocycles. The molecule has 0 radical (unpaired) electrons. The van der Waals surface area contributed by atoms with Crippen LogP contribution in [-0.4, -0.2) is 25.7 Å². The molecule has 1 heterocycles. The number of rotatable bonds is 4. The van der Waals surface area contributed by atoms with Gasteiger partial charge in [0.05, 0.1) is 27.9 Å². The highest BCUT2D eigenvalue weighted by atomic mass is 79.9. The highest BCUT2D eigenvalue weighted by Crippen LogP contribution is 2.35. The van der Waals surface area contributed by atoms with Crippen molar-refractivity contribution in [3.8, 4) is 22.7 Å². The first kappa shape index (κ1) is 19.6. The molecule has 1 atom stereocenters. The molecule has 3 rings (SSSR count). The van der Waals surface area contributed by atoms with Gasteiger partial charge in [-0.05, 0) is 46.3 Å². The molecular weight excluding hydrogens is 449 g/mol. The third-order valence-electron chi connectivity index (χ3n) is 3.73. The van der Waals surface area contributed by atoms with Crippen molar-refractivity contribution in [3.63, 3.8) is 0 Å². The van der Waals surface area contributed by atoms with Crippen LogP contribution in [0.1, 0.15) is 5.69 Å². The number of methoxy groups -OCH3 is 1. The van der Waals surface area contributed by atoms with Crippen LogP contribution in [0.25, 0.3) is 16.9 Å². The summed E-state index contributed by atoms with van der Waals surface area (Å²) in [6.07, 6.45) is -4.62. The zero-order valence-electron chi connectivity index (χ0n) is 13.7. The summed E-state index contributed by atoms with van der Waals surface area (Å²) in [5.41, 5.74) is -0.0828. The Kier molecular flexibility index (Phi) is 5.41. The van der Waals surface area contributed by atoms with E-state index in [4.69, 9.17) is 9.29 Å². The summed E-state index contributed by atoms with van der Waals surface area (Å²) >= 11 is 1.12. The first-order valence-electron chi connectivity index (χ1n) is 7.43. The lowest BCUT2D eigenvalue weighted by atomic mass is 10.1. The first-order chi connectivity index (χ1) is 12.7. The van der Waals surface area contributed by atoms with E-state index in [0.717, 1.165) is 10.7 Å². The summed E-state index contributed by atoms with van der Waals surface area (Å²) in [6, 6.07) is 11.4. The number of hydrogen-bond donors (Lipinski definition) is 1. The SMILES string of the molecule is COc1cc(-n2nc(C(F)(F)F)cc2-c2ccc(S(=O)O)cc2)ccc1Br. The van der Waals surface area contributed by atoms with E-state index in [2.05, 4.69) is 21.0 Å². The second-order valence-electron chi connectivity index (χ2n) is 5.42. The molecule has 1 unspecified atom stereocenters. The lowest BCUT2D eigenvalue weighted by Gasteiger charge is -2.10. The molecule has 142 valence electrons. The van der Waals surface area contributed by atoms with Crippen molar-refractivity contribution in [3.05, 3.63) is 58.7 Å². The molecule has 1 N–H and O–H groups in total. The van der Waals surface area contributed by atoms with Crippen LogP contribution < -0.4 is 4.74 Å². The normalized spacial score (nSPS) is 12.8. The second kappa shape index (κ2) is 7.45. The monoisotopic (exact) mass is 460 g/mol. The molecule has 27 heavy (non-hydrogen) atoms. The van der Waals surface area contributed by atoms with E-state index < -0.39 is 23.0 Å². The third kappa shape index (κ3) is 4.07. The van der Waals surface area contributed by atoms with Crippen LogP contribution in [0.2, 0.25) is 0 Å². The Balaban J connectivity index is 2.18. The molecule has 1 aromatic heterocycles. The molecule has 0 saturated carbocycles. The van der Waals surface area contributed by atoms with Crippen LogP contribution in [0.15, 0.2) is 57.9 Å². The third-order valence-corrected chi connectivity index (χ3v) is 5.06. The number of hydrogen-bond acceptors (Lipinski definition) is 3. The van der Waals surface area contributed by atoms with E-state index in [1.54, 1.807) is 18.2 Å². The average Bonchev–Trinajstić information content (AvgIpc) is 3.08. The van der Waals surface area contributed by atoms with Gasteiger partial charge in [-0.15, -0.1) is 0 Å². The summed E-state index contributed by atoms with van der Waals surface area (Å²) in [6.45, 7) is 0. The summed E-state index contributed by atoms with van der Waals surface area (Å²) in [5, 5.41) is 3.70. The Morgan fingerprint density at radius 1 is 1.15 bits per heavy atom. The van der Waals surface area contributed by atoms with Crippen LogP contribution in [0.3, 0.4) is 0 Å². The van der Waals surface area contributed by atoms with Gasteiger partial charge < -0.3 is 9.29 Å². The van der Waals surface area contributed by atoms with Gasteiger partial charge in [0.25, 0.3) is 0 Å². The predicted molar refractivity (Wildman–Crippen MR) is 97.3 cm³/mol. The number of alkyl halides is 3. The summed E-state index contributed by atoms with van der Waals surface area (Å²) < 4.78 is 66.8.